The molecule has 3 heteroatoms. The highest BCUT2D eigenvalue weighted by Gasteiger charge is 2.08. The molecule has 0 aliphatic rings. The fourth-order valence-electron chi connectivity index (χ4n) is 2.26. The zero-order valence-corrected chi connectivity index (χ0v) is 12.9. The molecule has 0 radical (unpaired) electrons. The highest BCUT2D eigenvalue weighted by Crippen LogP contribution is 2.22. The van der Waals surface area contributed by atoms with Gasteiger partial charge in [-0.2, -0.15) is 0 Å². The van der Waals surface area contributed by atoms with E-state index in [0.717, 1.165) is 11.5 Å². The lowest BCUT2D eigenvalue weighted by molar-refractivity contribution is 0.578. The minimum atomic E-state index is 0.504. The minimum Gasteiger partial charge on any atom is -0.380 e. The summed E-state index contributed by atoms with van der Waals surface area (Å²) in [6, 6.07) is 4.60. The van der Waals surface area contributed by atoms with Gasteiger partial charge in [0.2, 0.25) is 0 Å². The standard InChI is InChI=1S/C16H29N3/c1-5-6-7-8-9-11-14(2)18-15-12-10-13-17-16(15)19(3)4/h10,12-14,18H,5-9,11H2,1-4H3. The molecule has 0 saturated heterocycles. The summed E-state index contributed by atoms with van der Waals surface area (Å²) in [6.07, 6.45) is 9.80. The number of unbranched alkanes of at least 4 members (excludes halogenated alkanes) is 4. The highest BCUT2D eigenvalue weighted by molar-refractivity contribution is 5.64. The van der Waals surface area contributed by atoms with Crippen molar-refractivity contribution in [2.24, 2.45) is 0 Å². The third-order valence-electron chi connectivity index (χ3n) is 3.35. The van der Waals surface area contributed by atoms with Crippen molar-refractivity contribution < 1.29 is 0 Å². The molecule has 0 bridgehead atoms. The Morgan fingerprint density at radius 3 is 2.63 bits per heavy atom. The number of hydrogen-bond donors (Lipinski definition) is 1. The minimum absolute atomic E-state index is 0.504. The van der Waals surface area contributed by atoms with Crippen LogP contribution in [0.15, 0.2) is 18.3 Å². The number of pyridine rings is 1. The molecule has 0 saturated carbocycles. The van der Waals surface area contributed by atoms with Gasteiger partial charge in [-0.3, -0.25) is 0 Å². The third kappa shape index (κ3) is 5.95. The Hall–Kier alpha value is -1.25. The molecule has 0 spiro atoms. The monoisotopic (exact) mass is 263 g/mol. The fraction of sp³-hybridized carbons (Fsp3) is 0.688. The van der Waals surface area contributed by atoms with Crippen molar-refractivity contribution in [1.82, 2.24) is 4.98 Å². The maximum absolute atomic E-state index is 4.42. The maximum atomic E-state index is 4.42. The molecular formula is C16H29N3. The molecule has 0 fully saturated rings. The topological polar surface area (TPSA) is 28.2 Å². The van der Waals surface area contributed by atoms with E-state index < -0.39 is 0 Å². The number of hydrogen-bond acceptors (Lipinski definition) is 3. The molecule has 0 amide bonds. The van der Waals surface area contributed by atoms with Gasteiger partial charge in [-0.1, -0.05) is 39.0 Å². The van der Waals surface area contributed by atoms with Crippen molar-refractivity contribution in [3.05, 3.63) is 18.3 Å². The Balaban J connectivity index is 2.37. The smallest absolute Gasteiger partial charge is 0.151 e. The molecule has 1 aromatic rings. The zero-order chi connectivity index (χ0) is 14.1. The molecule has 0 aromatic carbocycles. The summed E-state index contributed by atoms with van der Waals surface area (Å²) in [5.41, 5.74) is 1.13. The van der Waals surface area contributed by atoms with E-state index in [2.05, 4.69) is 35.1 Å². The Kier molecular flexibility index (Phi) is 7.31. The van der Waals surface area contributed by atoms with Gasteiger partial charge in [0, 0.05) is 26.3 Å². The average molecular weight is 263 g/mol. The van der Waals surface area contributed by atoms with Gasteiger partial charge in [-0.05, 0) is 25.5 Å². The van der Waals surface area contributed by atoms with Gasteiger partial charge in [0.1, 0.15) is 0 Å². The van der Waals surface area contributed by atoms with Gasteiger partial charge in [-0.25, -0.2) is 4.98 Å². The number of anilines is 2. The van der Waals surface area contributed by atoms with Crippen LogP contribution in [0.3, 0.4) is 0 Å². The normalized spacial score (nSPS) is 12.2. The maximum Gasteiger partial charge on any atom is 0.151 e. The third-order valence-corrected chi connectivity index (χ3v) is 3.35. The van der Waals surface area contributed by atoms with Crippen LogP contribution in [0.1, 0.15) is 52.4 Å². The molecule has 1 aromatic heterocycles. The van der Waals surface area contributed by atoms with Crippen molar-refractivity contribution in [3.8, 4) is 0 Å². The van der Waals surface area contributed by atoms with Crippen LogP contribution in [-0.2, 0) is 0 Å². The second kappa shape index (κ2) is 8.78. The van der Waals surface area contributed by atoms with Crippen LogP contribution in [-0.4, -0.2) is 25.1 Å². The van der Waals surface area contributed by atoms with Gasteiger partial charge in [0.15, 0.2) is 5.82 Å². The summed E-state index contributed by atoms with van der Waals surface area (Å²) in [7, 11) is 4.06. The predicted octanol–water partition coefficient (Wildman–Crippen LogP) is 4.31. The quantitative estimate of drug-likeness (QED) is 0.673. The van der Waals surface area contributed by atoms with E-state index in [1.807, 2.05) is 26.4 Å². The molecule has 1 N–H and O–H groups in total. The van der Waals surface area contributed by atoms with Crippen LogP contribution in [0, 0.1) is 0 Å². The van der Waals surface area contributed by atoms with Crippen molar-refractivity contribution in [3.63, 3.8) is 0 Å². The van der Waals surface area contributed by atoms with Gasteiger partial charge in [0.05, 0.1) is 5.69 Å². The largest absolute Gasteiger partial charge is 0.380 e. The Morgan fingerprint density at radius 2 is 1.95 bits per heavy atom. The van der Waals surface area contributed by atoms with Gasteiger partial charge in [0.25, 0.3) is 0 Å². The molecule has 19 heavy (non-hydrogen) atoms. The van der Waals surface area contributed by atoms with E-state index in [-0.39, 0.29) is 0 Å². The summed E-state index contributed by atoms with van der Waals surface area (Å²) < 4.78 is 0. The van der Waals surface area contributed by atoms with Crippen LogP contribution in [0.4, 0.5) is 11.5 Å². The van der Waals surface area contributed by atoms with Crippen molar-refractivity contribution in [1.29, 1.82) is 0 Å². The Labute approximate surface area is 118 Å². The lowest BCUT2D eigenvalue weighted by atomic mass is 10.1. The van der Waals surface area contributed by atoms with E-state index in [1.54, 1.807) is 0 Å². The Bertz CT molecular complexity index is 350. The molecule has 1 unspecified atom stereocenters. The second-order valence-corrected chi connectivity index (χ2v) is 5.52. The van der Waals surface area contributed by atoms with E-state index >= 15 is 0 Å². The lowest BCUT2D eigenvalue weighted by Crippen LogP contribution is -2.19. The number of nitrogens with zero attached hydrogens (tertiary/aromatic N) is 2. The summed E-state index contributed by atoms with van der Waals surface area (Å²) in [5.74, 6) is 1.01. The highest BCUT2D eigenvalue weighted by atomic mass is 15.2. The van der Waals surface area contributed by atoms with Gasteiger partial charge >= 0.3 is 0 Å². The van der Waals surface area contributed by atoms with Crippen LogP contribution >= 0.6 is 0 Å². The van der Waals surface area contributed by atoms with Crippen LogP contribution in [0.5, 0.6) is 0 Å². The van der Waals surface area contributed by atoms with Crippen molar-refractivity contribution >= 4 is 11.5 Å². The SMILES string of the molecule is CCCCCCCC(C)Nc1cccnc1N(C)C. The molecule has 0 aliphatic carbocycles. The van der Waals surface area contributed by atoms with Crippen molar-refractivity contribution in [2.45, 2.75) is 58.4 Å². The summed E-state index contributed by atoms with van der Waals surface area (Å²) in [4.78, 5) is 6.47. The Morgan fingerprint density at radius 1 is 1.21 bits per heavy atom. The van der Waals surface area contributed by atoms with E-state index in [0.29, 0.717) is 6.04 Å². The van der Waals surface area contributed by atoms with Crippen LogP contribution in [0.25, 0.3) is 0 Å². The molecule has 3 nitrogen and oxygen atoms in total. The summed E-state index contributed by atoms with van der Waals surface area (Å²) >= 11 is 0. The molecule has 1 heterocycles. The first-order chi connectivity index (χ1) is 9.15. The molecule has 108 valence electrons. The van der Waals surface area contributed by atoms with Crippen LogP contribution in [0.2, 0.25) is 0 Å². The first-order valence-electron chi connectivity index (χ1n) is 7.54. The summed E-state index contributed by atoms with van der Waals surface area (Å²) in [6.45, 7) is 4.52. The predicted molar refractivity (Wildman–Crippen MR) is 85.0 cm³/mol. The average Bonchev–Trinajstić information content (AvgIpc) is 2.39. The first-order valence-corrected chi connectivity index (χ1v) is 7.54. The first kappa shape index (κ1) is 15.8. The van der Waals surface area contributed by atoms with Gasteiger partial charge in [-0.15, -0.1) is 0 Å². The van der Waals surface area contributed by atoms with E-state index in [9.17, 15) is 0 Å². The number of rotatable bonds is 9. The van der Waals surface area contributed by atoms with Crippen molar-refractivity contribution in [2.75, 3.05) is 24.3 Å². The number of aromatic nitrogens is 1. The lowest BCUT2D eigenvalue weighted by Gasteiger charge is -2.20. The fourth-order valence-corrected chi connectivity index (χ4v) is 2.26. The molecular weight excluding hydrogens is 234 g/mol. The van der Waals surface area contributed by atoms with Gasteiger partial charge < -0.3 is 10.2 Å². The second-order valence-electron chi connectivity index (χ2n) is 5.52. The van der Waals surface area contributed by atoms with E-state index in [4.69, 9.17) is 0 Å². The molecule has 1 rings (SSSR count). The van der Waals surface area contributed by atoms with E-state index in [1.165, 1.54) is 38.5 Å². The molecule has 1 atom stereocenters. The van der Waals surface area contributed by atoms with Crippen LogP contribution < -0.4 is 10.2 Å². The number of nitrogens with one attached hydrogen (secondary N) is 1. The summed E-state index contributed by atoms with van der Waals surface area (Å²) in [5, 5.41) is 3.58. The zero-order valence-electron chi connectivity index (χ0n) is 12.9. The molecule has 0 aliphatic heterocycles.